The van der Waals surface area contributed by atoms with E-state index in [9.17, 15) is 4.79 Å². The van der Waals surface area contributed by atoms with Crippen molar-refractivity contribution in [3.63, 3.8) is 0 Å². The van der Waals surface area contributed by atoms with Crippen molar-refractivity contribution in [3.8, 4) is 0 Å². The van der Waals surface area contributed by atoms with Crippen molar-refractivity contribution in [2.45, 2.75) is 19.4 Å². The third-order valence-electron chi connectivity index (χ3n) is 3.08. The quantitative estimate of drug-likeness (QED) is 0.757. The number of nitrogens with two attached hydrogens (primary N) is 1. The van der Waals surface area contributed by atoms with Gasteiger partial charge in [-0.2, -0.15) is 5.10 Å². The summed E-state index contributed by atoms with van der Waals surface area (Å²) in [5.41, 5.74) is 6.09. The minimum Gasteiger partial charge on any atom is -0.396 e. The number of piperidine rings is 1. The molecule has 3 N–H and O–H groups in total. The lowest BCUT2D eigenvalue weighted by Gasteiger charge is -2.31. The Morgan fingerprint density at radius 3 is 3.12 bits per heavy atom. The van der Waals surface area contributed by atoms with E-state index < -0.39 is 0 Å². The summed E-state index contributed by atoms with van der Waals surface area (Å²) in [4.78, 5) is 13.8. The number of carbonyl (C=O) groups excluding carboxylic acids is 1. The van der Waals surface area contributed by atoms with E-state index in [1.54, 1.807) is 15.8 Å². The standard InChI is InChI=1S/C11H18N4O2/c12-10-4-13-15(6-10)7-11(17)14-3-1-2-9(5-14)8-16/h4,6,9,16H,1-3,5,7-8,12H2. The van der Waals surface area contributed by atoms with Crippen molar-refractivity contribution in [1.29, 1.82) is 0 Å². The van der Waals surface area contributed by atoms with E-state index in [1.165, 1.54) is 6.20 Å². The number of nitrogen functional groups attached to an aromatic ring is 1. The predicted molar refractivity (Wildman–Crippen MR) is 63.0 cm³/mol. The van der Waals surface area contributed by atoms with Crippen LogP contribution in [0.15, 0.2) is 12.4 Å². The summed E-state index contributed by atoms with van der Waals surface area (Å²) < 4.78 is 1.54. The second kappa shape index (κ2) is 5.18. The number of hydrogen-bond donors (Lipinski definition) is 2. The number of rotatable bonds is 3. The molecule has 1 aliphatic heterocycles. The Labute approximate surface area is 100 Å². The van der Waals surface area contributed by atoms with Crippen molar-refractivity contribution < 1.29 is 9.90 Å². The molecule has 6 nitrogen and oxygen atoms in total. The van der Waals surface area contributed by atoms with Crippen LogP contribution in [0.25, 0.3) is 0 Å². The average molecular weight is 238 g/mol. The Morgan fingerprint density at radius 2 is 2.47 bits per heavy atom. The normalized spacial score (nSPS) is 20.5. The molecule has 0 spiro atoms. The van der Waals surface area contributed by atoms with Gasteiger partial charge in [-0.3, -0.25) is 9.48 Å². The van der Waals surface area contributed by atoms with Gasteiger partial charge in [0.2, 0.25) is 5.91 Å². The second-order valence-corrected chi connectivity index (χ2v) is 4.50. The van der Waals surface area contributed by atoms with Gasteiger partial charge in [-0.05, 0) is 18.8 Å². The Kier molecular flexibility index (Phi) is 3.63. The van der Waals surface area contributed by atoms with Crippen LogP contribution in [0.2, 0.25) is 0 Å². The molecule has 17 heavy (non-hydrogen) atoms. The first kappa shape index (κ1) is 11.9. The maximum absolute atomic E-state index is 12.0. The number of aliphatic hydroxyl groups is 1. The number of nitrogens with zero attached hydrogens (tertiary/aromatic N) is 3. The number of likely N-dealkylation sites (tertiary alicyclic amines) is 1. The summed E-state index contributed by atoms with van der Waals surface area (Å²) in [5, 5.41) is 13.1. The molecule has 1 aromatic heterocycles. The van der Waals surface area contributed by atoms with Crippen LogP contribution in [0, 0.1) is 5.92 Å². The smallest absolute Gasteiger partial charge is 0.244 e. The third-order valence-corrected chi connectivity index (χ3v) is 3.08. The van der Waals surface area contributed by atoms with Crippen molar-refractivity contribution in [1.82, 2.24) is 14.7 Å². The van der Waals surface area contributed by atoms with Gasteiger partial charge in [0.05, 0.1) is 11.9 Å². The molecule has 0 saturated carbocycles. The molecule has 2 rings (SSSR count). The highest BCUT2D eigenvalue weighted by atomic mass is 16.3. The van der Waals surface area contributed by atoms with Crippen LogP contribution in [0.5, 0.6) is 0 Å². The maximum atomic E-state index is 12.0. The fourth-order valence-electron chi connectivity index (χ4n) is 2.15. The number of anilines is 1. The topological polar surface area (TPSA) is 84.4 Å². The van der Waals surface area contributed by atoms with Crippen LogP contribution in [0.3, 0.4) is 0 Å². The summed E-state index contributed by atoms with van der Waals surface area (Å²) in [6.07, 6.45) is 5.12. The number of aliphatic hydroxyl groups excluding tert-OH is 1. The third kappa shape index (κ3) is 2.97. The zero-order chi connectivity index (χ0) is 12.3. The molecule has 0 radical (unpaired) electrons. The van der Waals surface area contributed by atoms with Gasteiger partial charge in [-0.1, -0.05) is 0 Å². The molecule has 1 atom stereocenters. The Bertz CT molecular complexity index is 391. The highest BCUT2D eigenvalue weighted by Gasteiger charge is 2.23. The van der Waals surface area contributed by atoms with Crippen LogP contribution >= 0.6 is 0 Å². The zero-order valence-electron chi connectivity index (χ0n) is 9.75. The van der Waals surface area contributed by atoms with E-state index >= 15 is 0 Å². The van der Waals surface area contributed by atoms with Crippen molar-refractivity contribution in [3.05, 3.63) is 12.4 Å². The Morgan fingerprint density at radius 1 is 1.65 bits per heavy atom. The van der Waals surface area contributed by atoms with Gasteiger partial charge in [-0.15, -0.1) is 0 Å². The molecule has 1 amide bonds. The van der Waals surface area contributed by atoms with Crippen LogP contribution in [-0.2, 0) is 11.3 Å². The molecule has 1 fully saturated rings. The number of carbonyl (C=O) groups is 1. The van der Waals surface area contributed by atoms with Gasteiger partial charge in [0, 0.05) is 25.9 Å². The van der Waals surface area contributed by atoms with Crippen molar-refractivity contribution in [2.24, 2.45) is 5.92 Å². The second-order valence-electron chi connectivity index (χ2n) is 4.50. The highest BCUT2D eigenvalue weighted by Crippen LogP contribution is 2.16. The molecular weight excluding hydrogens is 220 g/mol. The van der Waals surface area contributed by atoms with Gasteiger partial charge in [0.15, 0.2) is 0 Å². The van der Waals surface area contributed by atoms with E-state index in [-0.39, 0.29) is 25.0 Å². The van der Waals surface area contributed by atoms with Crippen LogP contribution < -0.4 is 5.73 Å². The summed E-state index contributed by atoms with van der Waals surface area (Å²) in [6.45, 7) is 1.78. The number of aromatic nitrogens is 2. The molecule has 0 aliphatic carbocycles. The molecule has 1 aliphatic rings. The highest BCUT2D eigenvalue weighted by molar-refractivity contribution is 5.76. The molecular formula is C11H18N4O2. The Balaban J connectivity index is 1.91. The molecule has 94 valence electrons. The first-order valence-corrected chi connectivity index (χ1v) is 5.85. The van der Waals surface area contributed by atoms with Crippen LogP contribution in [0.4, 0.5) is 5.69 Å². The van der Waals surface area contributed by atoms with E-state index in [2.05, 4.69) is 5.10 Å². The van der Waals surface area contributed by atoms with Gasteiger partial charge >= 0.3 is 0 Å². The van der Waals surface area contributed by atoms with Crippen molar-refractivity contribution >= 4 is 11.6 Å². The molecule has 0 aromatic carbocycles. The summed E-state index contributed by atoms with van der Waals surface area (Å²) in [7, 11) is 0. The van der Waals surface area contributed by atoms with E-state index in [0.29, 0.717) is 12.2 Å². The number of amides is 1. The van der Waals surface area contributed by atoms with Gasteiger partial charge < -0.3 is 15.7 Å². The van der Waals surface area contributed by atoms with Crippen LogP contribution in [0.1, 0.15) is 12.8 Å². The van der Waals surface area contributed by atoms with Gasteiger partial charge in [-0.25, -0.2) is 0 Å². The van der Waals surface area contributed by atoms with Gasteiger partial charge in [0.25, 0.3) is 0 Å². The summed E-state index contributed by atoms with van der Waals surface area (Å²) in [6, 6.07) is 0. The van der Waals surface area contributed by atoms with E-state index in [1.807, 2.05) is 0 Å². The SMILES string of the molecule is Nc1cnn(CC(=O)N2CCCC(CO)C2)c1. The maximum Gasteiger partial charge on any atom is 0.244 e. The minimum absolute atomic E-state index is 0.0336. The zero-order valence-corrected chi connectivity index (χ0v) is 9.75. The molecule has 1 saturated heterocycles. The minimum atomic E-state index is 0.0336. The molecule has 0 bridgehead atoms. The lowest BCUT2D eigenvalue weighted by Crippen LogP contribution is -2.42. The average Bonchev–Trinajstić information content (AvgIpc) is 2.75. The summed E-state index contributed by atoms with van der Waals surface area (Å²) in [5.74, 6) is 0.252. The molecule has 6 heteroatoms. The monoisotopic (exact) mass is 238 g/mol. The first-order chi connectivity index (χ1) is 8.19. The van der Waals surface area contributed by atoms with E-state index in [0.717, 1.165) is 19.4 Å². The largest absolute Gasteiger partial charge is 0.396 e. The Hall–Kier alpha value is -1.56. The first-order valence-electron chi connectivity index (χ1n) is 5.85. The molecule has 1 aromatic rings. The molecule has 2 heterocycles. The van der Waals surface area contributed by atoms with E-state index in [4.69, 9.17) is 10.8 Å². The lowest BCUT2D eigenvalue weighted by atomic mass is 9.99. The lowest BCUT2D eigenvalue weighted by molar-refractivity contribution is -0.134. The van der Waals surface area contributed by atoms with Gasteiger partial charge in [0.1, 0.15) is 6.54 Å². The fraction of sp³-hybridized carbons (Fsp3) is 0.636. The predicted octanol–water partition coefficient (Wildman–Crippen LogP) is -0.304. The van der Waals surface area contributed by atoms with Crippen molar-refractivity contribution in [2.75, 3.05) is 25.4 Å². The number of hydrogen-bond acceptors (Lipinski definition) is 4. The fourth-order valence-corrected chi connectivity index (χ4v) is 2.15. The molecule has 1 unspecified atom stereocenters. The van der Waals surface area contributed by atoms with Crippen LogP contribution in [-0.4, -0.2) is 45.4 Å². The summed E-state index contributed by atoms with van der Waals surface area (Å²) >= 11 is 0.